The number of hydrogen-bond donors (Lipinski definition) is 0. The summed E-state index contributed by atoms with van der Waals surface area (Å²) < 4.78 is 44.5. The second-order valence-electron chi connectivity index (χ2n) is 5.47. The van der Waals surface area contributed by atoms with Crippen molar-refractivity contribution in [3.8, 4) is 5.75 Å². The van der Waals surface area contributed by atoms with E-state index in [4.69, 9.17) is 4.74 Å². The molecule has 23 heavy (non-hydrogen) atoms. The fourth-order valence-electron chi connectivity index (χ4n) is 2.63. The summed E-state index contributed by atoms with van der Waals surface area (Å²) in [4.78, 5) is 0. The Balaban J connectivity index is 1.58. The molecule has 1 aliphatic heterocycles. The molecule has 2 aromatic carbocycles. The molecule has 0 saturated heterocycles. The van der Waals surface area contributed by atoms with E-state index in [9.17, 15) is 12.8 Å². The third-order valence-corrected chi connectivity index (χ3v) is 5.69. The average Bonchev–Trinajstić information content (AvgIpc) is 2.56. The summed E-state index contributed by atoms with van der Waals surface area (Å²) in [7, 11) is -3.37. The van der Waals surface area contributed by atoms with Crippen molar-refractivity contribution < 1.29 is 17.5 Å². The molecule has 6 heteroatoms. The van der Waals surface area contributed by atoms with E-state index in [1.807, 2.05) is 24.3 Å². The minimum atomic E-state index is -3.37. The van der Waals surface area contributed by atoms with Crippen molar-refractivity contribution in [3.63, 3.8) is 0 Å². The highest BCUT2D eigenvalue weighted by Crippen LogP contribution is 2.21. The SMILES string of the molecule is O=S(=O)(CCOc1ccc(F)cc1)N1CCc2ccccc2C1. The molecule has 122 valence electrons. The first-order valence-corrected chi connectivity index (χ1v) is 9.08. The van der Waals surface area contributed by atoms with Gasteiger partial charge in [-0.1, -0.05) is 24.3 Å². The lowest BCUT2D eigenvalue weighted by molar-refractivity contribution is 0.330. The van der Waals surface area contributed by atoms with Crippen LogP contribution in [-0.2, 0) is 23.0 Å². The molecule has 0 radical (unpaired) electrons. The van der Waals surface area contributed by atoms with E-state index in [-0.39, 0.29) is 18.2 Å². The van der Waals surface area contributed by atoms with Crippen LogP contribution in [-0.4, -0.2) is 31.6 Å². The van der Waals surface area contributed by atoms with Crippen LogP contribution >= 0.6 is 0 Å². The highest BCUT2D eigenvalue weighted by molar-refractivity contribution is 7.89. The summed E-state index contributed by atoms with van der Waals surface area (Å²) in [6.45, 7) is 0.955. The van der Waals surface area contributed by atoms with Gasteiger partial charge in [0.1, 0.15) is 18.2 Å². The lowest BCUT2D eigenvalue weighted by Crippen LogP contribution is -2.38. The molecule has 3 rings (SSSR count). The van der Waals surface area contributed by atoms with Gasteiger partial charge in [0.15, 0.2) is 0 Å². The van der Waals surface area contributed by atoms with Crippen molar-refractivity contribution in [2.24, 2.45) is 0 Å². The van der Waals surface area contributed by atoms with Gasteiger partial charge in [-0.05, 0) is 41.8 Å². The van der Waals surface area contributed by atoms with E-state index in [0.29, 0.717) is 18.8 Å². The standard InChI is InChI=1S/C17H18FNO3S/c18-16-5-7-17(8-6-16)22-11-12-23(20,21)19-10-9-14-3-1-2-4-15(14)13-19/h1-8H,9-13H2. The van der Waals surface area contributed by atoms with Gasteiger partial charge in [-0.3, -0.25) is 0 Å². The minimum Gasteiger partial charge on any atom is -0.492 e. The molecule has 0 unspecified atom stereocenters. The Kier molecular flexibility index (Phi) is 4.63. The van der Waals surface area contributed by atoms with Crippen LogP contribution < -0.4 is 4.74 Å². The van der Waals surface area contributed by atoms with Crippen molar-refractivity contribution in [3.05, 3.63) is 65.5 Å². The number of fused-ring (bicyclic) bond motifs is 1. The van der Waals surface area contributed by atoms with E-state index >= 15 is 0 Å². The first-order chi connectivity index (χ1) is 11.0. The van der Waals surface area contributed by atoms with Gasteiger partial charge in [0.2, 0.25) is 10.0 Å². The third-order valence-electron chi connectivity index (χ3n) is 3.91. The number of halogens is 1. The Morgan fingerprint density at radius 3 is 2.48 bits per heavy atom. The van der Waals surface area contributed by atoms with Crippen LogP contribution in [0.1, 0.15) is 11.1 Å². The van der Waals surface area contributed by atoms with Gasteiger partial charge in [0.25, 0.3) is 0 Å². The highest BCUT2D eigenvalue weighted by Gasteiger charge is 2.26. The van der Waals surface area contributed by atoms with Gasteiger partial charge < -0.3 is 4.74 Å². The predicted molar refractivity (Wildman–Crippen MR) is 86.2 cm³/mol. The fraction of sp³-hybridized carbons (Fsp3) is 0.294. The van der Waals surface area contributed by atoms with E-state index in [0.717, 1.165) is 12.0 Å². The summed E-state index contributed by atoms with van der Waals surface area (Å²) >= 11 is 0. The average molecular weight is 335 g/mol. The molecule has 0 aromatic heterocycles. The van der Waals surface area contributed by atoms with E-state index in [2.05, 4.69) is 0 Å². The van der Waals surface area contributed by atoms with Crippen molar-refractivity contribution >= 4 is 10.0 Å². The van der Waals surface area contributed by atoms with E-state index in [1.165, 1.54) is 34.1 Å². The van der Waals surface area contributed by atoms with Crippen molar-refractivity contribution in [2.45, 2.75) is 13.0 Å². The Hall–Kier alpha value is -1.92. The Bertz CT molecular complexity index is 775. The van der Waals surface area contributed by atoms with Gasteiger partial charge in [-0.2, -0.15) is 4.31 Å². The molecule has 0 N–H and O–H groups in total. The zero-order valence-electron chi connectivity index (χ0n) is 12.6. The molecule has 2 aromatic rings. The Morgan fingerprint density at radius 1 is 1.04 bits per heavy atom. The maximum absolute atomic E-state index is 12.8. The molecule has 0 saturated carbocycles. The summed E-state index contributed by atoms with van der Waals surface area (Å²) in [5, 5.41) is 0. The molecular weight excluding hydrogens is 317 g/mol. The van der Waals surface area contributed by atoms with Crippen molar-refractivity contribution in [1.82, 2.24) is 4.31 Å². The minimum absolute atomic E-state index is 0.0477. The van der Waals surface area contributed by atoms with Crippen LogP contribution in [0.25, 0.3) is 0 Å². The molecule has 1 heterocycles. The van der Waals surface area contributed by atoms with Gasteiger partial charge >= 0.3 is 0 Å². The van der Waals surface area contributed by atoms with Gasteiger partial charge in [0, 0.05) is 13.1 Å². The van der Waals surface area contributed by atoms with Gasteiger partial charge in [-0.25, -0.2) is 12.8 Å². The number of hydrogen-bond acceptors (Lipinski definition) is 3. The fourth-order valence-corrected chi connectivity index (χ4v) is 3.89. The monoisotopic (exact) mass is 335 g/mol. The maximum Gasteiger partial charge on any atom is 0.217 e. The molecule has 0 amide bonds. The van der Waals surface area contributed by atoms with Crippen LogP contribution in [0.4, 0.5) is 4.39 Å². The third kappa shape index (κ3) is 3.89. The largest absolute Gasteiger partial charge is 0.492 e. The predicted octanol–water partition coefficient (Wildman–Crippen LogP) is 2.59. The normalized spacial score (nSPS) is 15.2. The first-order valence-electron chi connectivity index (χ1n) is 7.47. The van der Waals surface area contributed by atoms with Gasteiger partial charge in [0.05, 0.1) is 5.75 Å². The number of benzene rings is 2. The quantitative estimate of drug-likeness (QED) is 0.844. The summed E-state index contributed by atoms with van der Waals surface area (Å²) in [5.74, 6) is 0.0227. The first kappa shape index (κ1) is 16.0. The lowest BCUT2D eigenvalue weighted by Gasteiger charge is -2.28. The molecule has 0 spiro atoms. The van der Waals surface area contributed by atoms with E-state index in [1.54, 1.807) is 0 Å². The molecule has 0 fully saturated rings. The summed E-state index contributed by atoms with van der Waals surface area (Å²) in [6.07, 6.45) is 0.730. The zero-order chi connectivity index (χ0) is 16.3. The topological polar surface area (TPSA) is 46.6 Å². The maximum atomic E-state index is 12.8. The number of ether oxygens (including phenoxy) is 1. The zero-order valence-corrected chi connectivity index (χ0v) is 13.4. The van der Waals surface area contributed by atoms with Gasteiger partial charge in [-0.15, -0.1) is 0 Å². The van der Waals surface area contributed by atoms with Crippen molar-refractivity contribution in [2.75, 3.05) is 18.9 Å². The van der Waals surface area contributed by atoms with E-state index < -0.39 is 10.0 Å². The molecule has 0 bridgehead atoms. The summed E-state index contributed by atoms with van der Waals surface area (Å²) in [5.41, 5.74) is 2.27. The molecule has 1 aliphatic rings. The molecular formula is C17H18FNO3S. The van der Waals surface area contributed by atoms with Crippen LogP contribution in [0.2, 0.25) is 0 Å². The highest BCUT2D eigenvalue weighted by atomic mass is 32.2. The lowest BCUT2D eigenvalue weighted by atomic mass is 10.0. The Labute approximate surface area is 135 Å². The molecule has 0 atom stereocenters. The van der Waals surface area contributed by atoms with Crippen molar-refractivity contribution in [1.29, 1.82) is 0 Å². The van der Waals surface area contributed by atoms with Crippen LogP contribution in [0, 0.1) is 5.82 Å². The second kappa shape index (κ2) is 6.68. The van der Waals surface area contributed by atoms with Crippen LogP contribution in [0.5, 0.6) is 5.75 Å². The summed E-state index contributed by atoms with van der Waals surface area (Å²) in [6, 6.07) is 13.4. The second-order valence-corrected chi connectivity index (χ2v) is 7.56. The number of nitrogens with zero attached hydrogens (tertiary/aromatic N) is 1. The number of rotatable bonds is 5. The smallest absolute Gasteiger partial charge is 0.217 e. The molecule has 0 aliphatic carbocycles. The Morgan fingerprint density at radius 2 is 1.74 bits per heavy atom. The number of sulfonamides is 1. The molecule has 4 nitrogen and oxygen atoms in total. The van der Waals surface area contributed by atoms with Crippen LogP contribution in [0.15, 0.2) is 48.5 Å². The van der Waals surface area contributed by atoms with Crippen LogP contribution in [0.3, 0.4) is 0 Å².